The van der Waals surface area contributed by atoms with Crippen molar-refractivity contribution in [2.24, 2.45) is 0 Å². The van der Waals surface area contributed by atoms with Gasteiger partial charge in [0.1, 0.15) is 36.3 Å². The predicted octanol–water partition coefficient (Wildman–Crippen LogP) is 4.45. The summed E-state index contributed by atoms with van der Waals surface area (Å²) in [7, 11) is 1.42. The largest absolute Gasteiger partial charge is 0.507 e. The van der Waals surface area contributed by atoms with Crippen molar-refractivity contribution in [2.75, 3.05) is 20.3 Å². The molecule has 11 nitrogen and oxygen atoms in total. The summed E-state index contributed by atoms with van der Waals surface area (Å²) in [5, 5.41) is 22.4. The van der Waals surface area contributed by atoms with Gasteiger partial charge in [-0.1, -0.05) is 48.5 Å². The maximum absolute atomic E-state index is 13.7. The second-order valence-electron chi connectivity index (χ2n) is 11.4. The van der Waals surface area contributed by atoms with Crippen LogP contribution < -0.4 is 10.1 Å². The van der Waals surface area contributed by atoms with Crippen molar-refractivity contribution in [2.45, 2.75) is 51.3 Å². The lowest BCUT2D eigenvalue weighted by Gasteiger charge is -2.28. The summed E-state index contributed by atoms with van der Waals surface area (Å²) >= 11 is 0. The second-order valence-corrected chi connectivity index (χ2v) is 11.4. The van der Waals surface area contributed by atoms with Crippen molar-refractivity contribution in [1.29, 1.82) is 0 Å². The van der Waals surface area contributed by atoms with Crippen molar-refractivity contribution in [1.82, 2.24) is 10.2 Å². The number of hydrogen-bond donors (Lipinski definition) is 3. The first-order chi connectivity index (χ1) is 20.9. The van der Waals surface area contributed by atoms with Gasteiger partial charge in [-0.3, -0.25) is 14.4 Å². The Balaban J connectivity index is 1.54. The standard InChI is InChI=1S/C33H36N2O9/c1-33(2,3)44-30(39)16-27(31(40)35(18-29(37)38)17-20-13-14-21(42-4)15-28(20)36)34-32(41)43-19-26-24-11-7-5-9-22(24)23-10-6-8-12-25(23)26/h5-15,26-27,36H,16-19H2,1-4H3,(H,34,41)(H,37,38)/t27-/m0/s1. The number of nitrogens with one attached hydrogen (secondary N) is 1. The minimum absolute atomic E-state index is 0.0359. The molecule has 44 heavy (non-hydrogen) atoms. The molecule has 0 aromatic heterocycles. The number of carbonyl (C=O) groups is 4. The third-order valence-electron chi connectivity index (χ3n) is 7.02. The highest BCUT2D eigenvalue weighted by Gasteiger charge is 2.34. The zero-order chi connectivity index (χ0) is 32.0. The van der Waals surface area contributed by atoms with Crippen LogP contribution >= 0.6 is 0 Å². The van der Waals surface area contributed by atoms with Crippen LogP contribution in [0, 0.1) is 0 Å². The van der Waals surface area contributed by atoms with Gasteiger partial charge in [0.15, 0.2) is 0 Å². The third-order valence-corrected chi connectivity index (χ3v) is 7.02. The van der Waals surface area contributed by atoms with Gasteiger partial charge in [-0.25, -0.2) is 4.79 Å². The number of carboxylic acid groups (broad SMARTS) is 1. The number of benzene rings is 3. The van der Waals surface area contributed by atoms with E-state index in [-0.39, 0.29) is 30.4 Å². The Morgan fingerprint density at radius 1 is 0.955 bits per heavy atom. The molecule has 3 aromatic rings. The van der Waals surface area contributed by atoms with Gasteiger partial charge in [0.25, 0.3) is 0 Å². The van der Waals surface area contributed by atoms with Crippen LogP contribution in [-0.2, 0) is 30.4 Å². The number of amides is 2. The molecule has 0 heterocycles. The molecule has 1 atom stereocenters. The molecular formula is C33H36N2O9. The van der Waals surface area contributed by atoms with E-state index >= 15 is 0 Å². The summed E-state index contributed by atoms with van der Waals surface area (Å²) in [6.45, 7) is 3.85. The van der Waals surface area contributed by atoms with Crippen molar-refractivity contribution in [3.63, 3.8) is 0 Å². The van der Waals surface area contributed by atoms with E-state index in [1.807, 2.05) is 48.5 Å². The minimum Gasteiger partial charge on any atom is -0.507 e. The van der Waals surface area contributed by atoms with Crippen LogP contribution in [0.25, 0.3) is 11.1 Å². The Labute approximate surface area is 255 Å². The van der Waals surface area contributed by atoms with Crippen LogP contribution in [-0.4, -0.2) is 71.0 Å². The maximum atomic E-state index is 13.7. The van der Waals surface area contributed by atoms with E-state index in [0.717, 1.165) is 27.2 Å². The van der Waals surface area contributed by atoms with Crippen molar-refractivity contribution < 1.29 is 43.6 Å². The molecule has 0 fully saturated rings. The van der Waals surface area contributed by atoms with E-state index < -0.39 is 48.5 Å². The number of methoxy groups -OCH3 is 1. The molecule has 3 N–H and O–H groups in total. The molecule has 11 heteroatoms. The summed E-state index contributed by atoms with van der Waals surface area (Å²) in [6.07, 6.45) is -1.54. The van der Waals surface area contributed by atoms with E-state index in [1.54, 1.807) is 26.8 Å². The molecule has 0 unspecified atom stereocenters. The Kier molecular flexibility index (Phi) is 9.77. The molecule has 1 aliphatic carbocycles. The number of carboxylic acids is 1. The van der Waals surface area contributed by atoms with Crippen LogP contribution in [0.1, 0.15) is 49.8 Å². The number of ether oxygens (including phenoxy) is 3. The molecule has 0 saturated heterocycles. The SMILES string of the molecule is COc1ccc(CN(CC(=O)O)C(=O)[C@H](CC(=O)OC(C)(C)C)NC(=O)OCC2c3ccccc3-c3ccccc32)c(O)c1. The van der Waals surface area contributed by atoms with E-state index in [1.165, 1.54) is 19.2 Å². The molecule has 0 spiro atoms. The fourth-order valence-electron chi connectivity index (χ4n) is 5.14. The number of carbonyl (C=O) groups excluding carboxylic acids is 3. The zero-order valence-electron chi connectivity index (χ0n) is 25.0. The third kappa shape index (κ3) is 7.85. The van der Waals surface area contributed by atoms with Crippen LogP contribution in [0.3, 0.4) is 0 Å². The van der Waals surface area contributed by atoms with Crippen LogP contribution in [0.5, 0.6) is 11.5 Å². The molecule has 3 aromatic carbocycles. The molecule has 0 radical (unpaired) electrons. The molecule has 4 rings (SSSR count). The molecule has 0 saturated carbocycles. The smallest absolute Gasteiger partial charge is 0.407 e. The van der Waals surface area contributed by atoms with Gasteiger partial charge in [-0.2, -0.15) is 0 Å². The fourth-order valence-corrected chi connectivity index (χ4v) is 5.14. The Hall–Kier alpha value is -5.06. The number of alkyl carbamates (subject to hydrolysis) is 1. The van der Waals surface area contributed by atoms with Crippen molar-refractivity contribution >= 4 is 23.9 Å². The van der Waals surface area contributed by atoms with Gasteiger partial charge in [0, 0.05) is 17.5 Å². The first-order valence-corrected chi connectivity index (χ1v) is 14.1. The average molecular weight is 605 g/mol. The molecule has 2 amide bonds. The molecule has 0 aliphatic heterocycles. The monoisotopic (exact) mass is 604 g/mol. The summed E-state index contributed by atoms with van der Waals surface area (Å²) in [5.41, 5.74) is 3.44. The average Bonchev–Trinajstić information content (AvgIpc) is 3.28. The quantitative estimate of drug-likeness (QED) is 0.270. The van der Waals surface area contributed by atoms with Gasteiger partial charge in [-0.15, -0.1) is 0 Å². The number of fused-ring (bicyclic) bond motifs is 3. The predicted molar refractivity (Wildman–Crippen MR) is 160 cm³/mol. The van der Waals surface area contributed by atoms with Gasteiger partial charge in [0.2, 0.25) is 5.91 Å². The van der Waals surface area contributed by atoms with E-state index in [4.69, 9.17) is 14.2 Å². The highest BCUT2D eigenvalue weighted by Crippen LogP contribution is 2.44. The van der Waals surface area contributed by atoms with E-state index in [0.29, 0.717) is 5.75 Å². The van der Waals surface area contributed by atoms with Crippen LogP contribution in [0.2, 0.25) is 0 Å². The van der Waals surface area contributed by atoms with Gasteiger partial charge >= 0.3 is 18.0 Å². The highest BCUT2D eigenvalue weighted by atomic mass is 16.6. The van der Waals surface area contributed by atoms with Crippen LogP contribution in [0.4, 0.5) is 4.79 Å². The molecular weight excluding hydrogens is 568 g/mol. The molecule has 1 aliphatic rings. The first-order valence-electron chi connectivity index (χ1n) is 14.1. The van der Waals surface area contributed by atoms with Gasteiger partial charge in [-0.05, 0) is 55.2 Å². The normalized spacial score (nSPS) is 12.8. The fraction of sp³-hybridized carbons (Fsp3) is 0.333. The Morgan fingerprint density at radius 2 is 1.57 bits per heavy atom. The number of esters is 1. The van der Waals surface area contributed by atoms with Crippen LogP contribution in [0.15, 0.2) is 66.7 Å². The number of aliphatic carboxylic acids is 1. The summed E-state index contributed by atoms with van der Waals surface area (Å²) in [6, 6.07) is 18.5. The Morgan fingerprint density at radius 3 is 2.11 bits per heavy atom. The number of nitrogens with zero attached hydrogens (tertiary/aromatic N) is 1. The number of phenolic OH excluding ortho intramolecular Hbond substituents is 1. The highest BCUT2D eigenvalue weighted by molar-refractivity contribution is 5.91. The van der Waals surface area contributed by atoms with Gasteiger partial charge < -0.3 is 34.6 Å². The summed E-state index contributed by atoms with van der Waals surface area (Å²) < 4.78 is 16.0. The summed E-state index contributed by atoms with van der Waals surface area (Å²) in [5.74, 6) is -3.08. The second kappa shape index (κ2) is 13.5. The van der Waals surface area contributed by atoms with E-state index in [9.17, 15) is 29.4 Å². The lowest BCUT2D eigenvalue weighted by Crippen LogP contribution is -2.51. The maximum Gasteiger partial charge on any atom is 0.407 e. The number of phenols is 1. The van der Waals surface area contributed by atoms with Crippen molar-refractivity contribution in [3.05, 3.63) is 83.4 Å². The topological polar surface area (TPSA) is 152 Å². The first kappa shape index (κ1) is 31.9. The number of hydrogen-bond acceptors (Lipinski definition) is 8. The van der Waals surface area contributed by atoms with Gasteiger partial charge in [0.05, 0.1) is 20.1 Å². The minimum atomic E-state index is -1.51. The number of aromatic hydroxyl groups is 1. The molecule has 232 valence electrons. The Bertz CT molecular complexity index is 1500. The van der Waals surface area contributed by atoms with Crippen molar-refractivity contribution in [3.8, 4) is 22.6 Å². The lowest BCUT2D eigenvalue weighted by molar-refractivity contribution is -0.157. The number of rotatable bonds is 11. The summed E-state index contributed by atoms with van der Waals surface area (Å²) in [4.78, 5) is 52.2. The van der Waals surface area contributed by atoms with E-state index in [2.05, 4.69) is 5.32 Å². The zero-order valence-corrected chi connectivity index (χ0v) is 25.0. The lowest BCUT2D eigenvalue weighted by atomic mass is 9.98. The molecule has 0 bridgehead atoms.